The van der Waals surface area contributed by atoms with E-state index in [0.29, 0.717) is 6.61 Å². The normalized spacial score (nSPS) is 11.4. The maximum atomic E-state index is 6.05. The van der Waals surface area contributed by atoms with Gasteiger partial charge in [-0.2, -0.15) is 11.3 Å². The minimum atomic E-state index is 0.563. The van der Waals surface area contributed by atoms with Crippen molar-refractivity contribution in [1.29, 1.82) is 0 Å². The minimum absolute atomic E-state index is 0.563. The van der Waals surface area contributed by atoms with Gasteiger partial charge in [0.05, 0.1) is 0 Å². The Hall–Kier alpha value is -2.07. The second kappa shape index (κ2) is 10.3. The fourth-order valence-electron chi connectivity index (χ4n) is 2.92. The summed E-state index contributed by atoms with van der Waals surface area (Å²) in [6.07, 6.45) is 1.96. The molecule has 1 aromatic heterocycles. The molecule has 0 N–H and O–H groups in total. The van der Waals surface area contributed by atoms with Gasteiger partial charge >= 0.3 is 0 Å². The van der Waals surface area contributed by atoms with Gasteiger partial charge in [0.2, 0.25) is 0 Å². The molecule has 0 unspecified atom stereocenters. The Kier molecular flexibility index (Phi) is 7.52. The topological polar surface area (TPSA) is 12.5 Å². The summed E-state index contributed by atoms with van der Waals surface area (Å²) >= 11 is 7.36. The fourth-order valence-corrected chi connectivity index (χ4v) is 3.67. The molecule has 0 aliphatic rings. The van der Waals surface area contributed by atoms with E-state index in [9.17, 15) is 0 Å². The average Bonchev–Trinajstić information content (AvgIpc) is 3.25. The van der Waals surface area contributed by atoms with E-state index in [1.165, 1.54) is 22.3 Å². The highest BCUT2D eigenvalue weighted by Crippen LogP contribution is 2.24. The zero-order chi connectivity index (χ0) is 18.9. The zero-order valence-electron chi connectivity index (χ0n) is 15.5. The van der Waals surface area contributed by atoms with Gasteiger partial charge in [0.1, 0.15) is 12.4 Å². The van der Waals surface area contributed by atoms with Crippen molar-refractivity contribution in [1.82, 2.24) is 4.90 Å². The first-order chi connectivity index (χ1) is 13.3. The van der Waals surface area contributed by atoms with Crippen molar-refractivity contribution >= 4 is 22.9 Å². The van der Waals surface area contributed by atoms with E-state index in [1.54, 1.807) is 16.9 Å². The molecule has 0 radical (unpaired) electrons. The molecule has 0 amide bonds. The predicted octanol–water partition coefficient (Wildman–Crippen LogP) is 6.57. The summed E-state index contributed by atoms with van der Waals surface area (Å²) in [5.41, 5.74) is 6.48. The molecule has 0 fully saturated rings. The maximum absolute atomic E-state index is 6.05. The molecule has 27 heavy (non-hydrogen) atoms. The van der Waals surface area contributed by atoms with Gasteiger partial charge in [0.15, 0.2) is 0 Å². The number of hydrogen-bond donors (Lipinski definition) is 0. The van der Waals surface area contributed by atoms with Crippen LogP contribution in [0.15, 0.2) is 77.0 Å². The number of hydrogen-bond acceptors (Lipinski definition) is 3. The zero-order valence-corrected chi connectivity index (χ0v) is 17.0. The van der Waals surface area contributed by atoms with Crippen LogP contribution in [0.3, 0.4) is 0 Å². The van der Waals surface area contributed by atoms with Crippen molar-refractivity contribution < 1.29 is 4.74 Å². The van der Waals surface area contributed by atoms with Gasteiger partial charge in [0, 0.05) is 18.6 Å². The molecule has 0 aliphatic carbocycles. The molecule has 0 saturated heterocycles. The number of ether oxygens (including phenoxy) is 1. The Morgan fingerprint density at radius 1 is 1.04 bits per heavy atom. The van der Waals surface area contributed by atoms with Gasteiger partial charge in [-0.05, 0) is 63.8 Å². The number of likely N-dealkylation sites (N-methyl/N-ethyl adjacent to an activating group) is 1. The first-order valence-electron chi connectivity index (χ1n) is 9.09. The molecule has 3 aromatic rings. The largest absolute Gasteiger partial charge is 0.489 e. The van der Waals surface area contributed by atoms with Crippen molar-refractivity contribution in [3.05, 3.63) is 88.1 Å². The lowest BCUT2D eigenvalue weighted by atomic mass is 10.1. The minimum Gasteiger partial charge on any atom is -0.489 e. The number of halogens is 1. The highest BCUT2D eigenvalue weighted by molar-refractivity contribution is 7.08. The average molecular weight is 398 g/mol. The summed E-state index contributed by atoms with van der Waals surface area (Å²) < 4.78 is 6.05. The van der Waals surface area contributed by atoms with Gasteiger partial charge in [-0.15, -0.1) is 0 Å². The third-order valence-corrected chi connectivity index (χ3v) is 5.25. The van der Waals surface area contributed by atoms with Crippen molar-refractivity contribution in [2.75, 3.05) is 13.1 Å². The molecule has 0 saturated carbocycles. The molecule has 1 heterocycles. The van der Waals surface area contributed by atoms with Crippen LogP contribution in [0, 0.1) is 0 Å². The monoisotopic (exact) mass is 397 g/mol. The second-order valence-electron chi connectivity index (χ2n) is 6.34. The van der Waals surface area contributed by atoms with Gasteiger partial charge in [0.25, 0.3) is 0 Å². The quantitative estimate of drug-likeness (QED) is 0.405. The van der Waals surface area contributed by atoms with E-state index >= 15 is 0 Å². The lowest BCUT2D eigenvalue weighted by molar-refractivity contribution is 0.299. The summed E-state index contributed by atoms with van der Waals surface area (Å²) in [6.45, 7) is 5.42. The SMILES string of the molecule is CCN(C/C=C/Cl)Cc1cccc(OCc2cccc(-c3ccsc3)c2)c1. The van der Waals surface area contributed by atoms with Crippen LogP contribution in [0.4, 0.5) is 0 Å². The smallest absolute Gasteiger partial charge is 0.120 e. The molecule has 4 heteroatoms. The second-order valence-corrected chi connectivity index (χ2v) is 7.37. The lowest BCUT2D eigenvalue weighted by Crippen LogP contribution is -2.22. The highest BCUT2D eigenvalue weighted by Gasteiger charge is 2.05. The molecular formula is C23H24ClNOS. The standard InChI is InChI=1S/C23H24ClNOS/c1-2-25(12-5-11-24)16-19-6-4-9-23(15-19)26-17-20-7-3-8-21(14-20)22-10-13-27-18-22/h3-11,13-15,18H,2,12,16-17H2,1H3/b11-5+. The number of rotatable bonds is 9. The van der Waals surface area contributed by atoms with Crippen LogP contribution < -0.4 is 4.74 Å². The van der Waals surface area contributed by atoms with Crippen molar-refractivity contribution in [3.8, 4) is 16.9 Å². The van der Waals surface area contributed by atoms with Crippen LogP contribution in [0.1, 0.15) is 18.1 Å². The van der Waals surface area contributed by atoms with Crippen LogP contribution in [0.2, 0.25) is 0 Å². The molecule has 0 spiro atoms. The van der Waals surface area contributed by atoms with Crippen LogP contribution in [-0.4, -0.2) is 18.0 Å². The number of benzene rings is 2. The van der Waals surface area contributed by atoms with Gasteiger partial charge in [-0.1, -0.05) is 54.9 Å². The Bertz CT molecular complexity index is 860. The van der Waals surface area contributed by atoms with Crippen LogP contribution in [0.5, 0.6) is 5.75 Å². The summed E-state index contributed by atoms with van der Waals surface area (Å²) in [5.74, 6) is 0.900. The van der Waals surface area contributed by atoms with Crippen LogP contribution >= 0.6 is 22.9 Å². The van der Waals surface area contributed by atoms with Crippen molar-refractivity contribution in [3.63, 3.8) is 0 Å². The van der Waals surface area contributed by atoms with Gasteiger partial charge < -0.3 is 4.74 Å². The van der Waals surface area contributed by atoms with E-state index in [2.05, 4.69) is 71.1 Å². The number of thiophene rings is 1. The summed E-state index contributed by atoms with van der Waals surface area (Å²) in [5, 5.41) is 4.27. The van der Waals surface area contributed by atoms with E-state index in [1.807, 2.05) is 12.1 Å². The van der Waals surface area contributed by atoms with E-state index in [0.717, 1.165) is 25.4 Å². The van der Waals surface area contributed by atoms with Crippen LogP contribution in [0.25, 0.3) is 11.1 Å². The highest BCUT2D eigenvalue weighted by atomic mass is 35.5. The third-order valence-electron chi connectivity index (χ3n) is 4.39. The number of nitrogens with zero attached hydrogens (tertiary/aromatic N) is 1. The summed E-state index contributed by atoms with van der Waals surface area (Å²) in [4.78, 5) is 2.32. The van der Waals surface area contributed by atoms with Gasteiger partial charge in [-0.3, -0.25) is 4.90 Å². The summed E-state index contributed by atoms with van der Waals surface area (Å²) in [7, 11) is 0. The van der Waals surface area contributed by atoms with E-state index < -0.39 is 0 Å². The first kappa shape index (κ1) is 19.7. The first-order valence-corrected chi connectivity index (χ1v) is 10.5. The van der Waals surface area contributed by atoms with E-state index in [4.69, 9.17) is 16.3 Å². The van der Waals surface area contributed by atoms with Crippen molar-refractivity contribution in [2.45, 2.75) is 20.1 Å². The molecule has 0 atom stereocenters. The Balaban J connectivity index is 1.62. The molecule has 140 valence electrons. The molecule has 0 aliphatic heterocycles. The van der Waals surface area contributed by atoms with Crippen molar-refractivity contribution in [2.24, 2.45) is 0 Å². The van der Waals surface area contributed by atoms with Gasteiger partial charge in [-0.25, -0.2) is 0 Å². The Labute approximate surface area is 170 Å². The predicted molar refractivity (Wildman–Crippen MR) is 116 cm³/mol. The third kappa shape index (κ3) is 5.96. The Morgan fingerprint density at radius 3 is 2.67 bits per heavy atom. The summed E-state index contributed by atoms with van der Waals surface area (Å²) in [6, 6.07) is 19.0. The van der Waals surface area contributed by atoms with E-state index in [-0.39, 0.29) is 0 Å². The maximum Gasteiger partial charge on any atom is 0.120 e. The molecule has 0 bridgehead atoms. The lowest BCUT2D eigenvalue weighted by Gasteiger charge is -2.19. The molecule has 3 rings (SSSR count). The molecular weight excluding hydrogens is 374 g/mol. The molecule has 2 aromatic carbocycles. The Morgan fingerprint density at radius 2 is 1.89 bits per heavy atom. The van der Waals surface area contributed by atoms with Crippen LogP contribution in [-0.2, 0) is 13.2 Å². The fraction of sp³-hybridized carbons (Fsp3) is 0.217. The molecule has 2 nitrogen and oxygen atoms in total.